The molecular formula is C27H44N6O7. The Morgan fingerprint density at radius 3 is 2.42 bits per heavy atom. The highest BCUT2D eigenvalue weighted by Gasteiger charge is 2.48. The number of nitrogens with zero attached hydrogens (tertiary/aromatic N) is 6. The van der Waals surface area contributed by atoms with Gasteiger partial charge in [0.15, 0.2) is 0 Å². The van der Waals surface area contributed by atoms with Crippen LogP contribution in [-0.4, -0.2) is 97.7 Å². The van der Waals surface area contributed by atoms with Crippen molar-refractivity contribution in [1.82, 2.24) is 30.0 Å². The fourth-order valence-corrected chi connectivity index (χ4v) is 5.12. The number of amides is 4. The minimum absolute atomic E-state index is 0.0148. The highest BCUT2D eigenvalue weighted by Crippen LogP contribution is 2.38. The highest BCUT2D eigenvalue weighted by atomic mass is 16.7. The number of hydroxylamine groups is 2. The van der Waals surface area contributed by atoms with Crippen LogP contribution in [0.25, 0.3) is 0 Å². The van der Waals surface area contributed by atoms with Gasteiger partial charge in [-0.05, 0) is 67.2 Å². The van der Waals surface area contributed by atoms with E-state index in [0.717, 1.165) is 19.3 Å². The first kappa shape index (κ1) is 29.9. The third kappa shape index (κ3) is 7.15. The first-order chi connectivity index (χ1) is 18.8. The highest BCUT2D eigenvalue weighted by molar-refractivity contribution is 5.77. The molecule has 0 spiro atoms. The van der Waals surface area contributed by atoms with Crippen LogP contribution < -0.4 is 0 Å². The molecule has 3 fully saturated rings. The first-order valence-corrected chi connectivity index (χ1v) is 14.3. The van der Waals surface area contributed by atoms with Gasteiger partial charge in [-0.15, -0.1) is 10.2 Å². The monoisotopic (exact) mass is 564 g/mol. The average Bonchev–Trinajstić information content (AvgIpc) is 3.57. The summed E-state index contributed by atoms with van der Waals surface area (Å²) in [7, 11) is 0. The molecule has 0 aliphatic carbocycles. The molecule has 1 aromatic rings. The molecule has 0 radical (unpaired) electrons. The van der Waals surface area contributed by atoms with Crippen molar-refractivity contribution in [3.63, 3.8) is 0 Å². The van der Waals surface area contributed by atoms with E-state index in [2.05, 4.69) is 17.1 Å². The fraction of sp³-hybridized carbons (Fsp3) is 0.815. The van der Waals surface area contributed by atoms with Gasteiger partial charge in [-0.25, -0.2) is 14.4 Å². The number of ether oxygens (including phenoxy) is 2. The number of carbonyl (C=O) groups excluding carboxylic acids is 3. The molecule has 0 unspecified atom stereocenters. The van der Waals surface area contributed by atoms with Crippen LogP contribution in [0.1, 0.15) is 98.4 Å². The van der Waals surface area contributed by atoms with Crippen molar-refractivity contribution in [2.45, 2.75) is 116 Å². The molecule has 1 aromatic heterocycles. The molecule has 3 aliphatic rings. The number of fused-ring (bicyclic) bond motifs is 2. The van der Waals surface area contributed by atoms with E-state index < -0.39 is 23.4 Å². The number of aromatic nitrogens is 2. The zero-order valence-corrected chi connectivity index (χ0v) is 24.8. The topological polar surface area (TPSA) is 131 Å². The van der Waals surface area contributed by atoms with Crippen molar-refractivity contribution in [2.75, 3.05) is 26.2 Å². The van der Waals surface area contributed by atoms with Gasteiger partial charge in [0.1, 0.15) is 23.8 Å². The Kier molecular flexibility index (Phi) is 8.81. The average molecular weight is 565 g/mol. The zero-order chi connectivity index (χ0) is 29.2. The second-order valence-corrected chi connectivity index (χ2v) is 12.7. The number of rotatable bonds is 8. The maximum absolute atomic E-state index is 13.3. The molecule has 0 saturated carbocycles. The van der Waals surface area contributed by atoms with E-state index in [9.17, 15) is 14.4 Å². The van der Waals surface area contributed by atoms with Crippen LogP contribution in [-0.2, 0) is 20.9 Å². The first-order valence-electron chi connectivity index (χ1n) is 14.3. The molecular weight excluding hydrogens is 520 g/mol. The fourth-order valence-electron chi connectivity index (χ4n) is 5.12. The van der Waals surface area contributed by atoms with Crippen molar-refractivity contribution >= 4 is 18.2 Å². The van der Waals surface area contributed by atoms with Crippen LogP contribution in [0.2, 0.25) is 0 Å². The smallest absolute Gasteiger partial charge is 0.411 e. The molecule has 4 amide bonds. The van der Waals surface area contributed by atoms with Gasteiger partial charge in [0.05, 0.1) is 18.7 Å². The van der Waals surface area contributed by atoms with Gasteiger partial charge < -0.3 is 23.7 Å². The second-order valence-electron chi connectivity index (χ2n) is 12.7. The number of hydrogen-bond acceptors (Lipinski definition) is 9. The van der Waals surface area contributed by atoms with E-state index in [1.54, 1.807) is 30.6 Å². The molecule has 3 aliphatic heterocycles. The summed E-state index contributed by atoms with van der Waals surface area (Å²) in [5, 5.41) is 9.97. The summed E-state index contributed by atoms with van der Waals surface area (Å²) in [5.74, 6) is 0.574. The van der Waals surface area contributed by atoms with Crippen LogP contribution in [0, 0.1) is 0 Å². The number of unbranched alkanes of at least 4 members (excludes halogenated alkanes) is 1. The summed E-state index contributed by atoms with van der Waals surface area (Å²) in [6.07, 6.45) is 2.93. The number of likely N-dealkylation sites (tertiary alicyclic amines) is 1. The van der Waals surface area contributed by atoms with Crippen LogP contribution in [0.5, 0.6) is 0 Å². The Bertz CT molecular complexity index is 1060. The summed E-state index contributed by atoms with van der Waals surface area (Å²) in [6, 6.07) is -0.844. The lowest BCUT2D eigenvalue weighted by Crippen LogP contribution is -2.45. The van der Waals surface area contributed by atoms with Crippen molar-refractivity contribution in [3.8, 4) is 0 Å². The van der Waals surface area contributed by atoms with Gasteiger partial charge in [0, 0.05) is 19.6 Å². The van der Waals surface area contributed by atoms with Crippen molar-refractivity contribution < 1.29 is 33.1 Å². The molecule has 13 heteroatoms. The van der Waals surface area contributed by atoms with E-state index in [4.69, 9.17) is 18.7 Å². The van der Waals surface area contributed by atoms with E-state index in [-0.39, 0.29) is 36.6 Å². The summed E-state index contributed by atoms with van der Waals surface area (Å²) in [5.41, 5.74) is -1.33. The van der Waals surface area contributed by atoms with Crippen LogP contribution >= 0.6 is 0 Å². The van der Waals surface area contributed by atoms with Crippen molar-refractivity contribution in [2.24, 2.45) is 0 Å². The predicted molar refractivity (Wildman–Crippen MR) is 143 cm³/mol. The third-order valence-corrected chi connectivity index (χ3v) is 7.01. The van der Waals surface area contributed by atoms with Gasteiger partial charge in [0.25, 0.3) is 0 Å². The summed E-state index contributed by atoms with van der Waals surface area (Å²) in [4.78, 5) is 49.6. The van der Waals surface area contributed by atoms with Gasteiger partial charge in [0.2, 0.25) is 11.8 Å². The Balaban J connectivity index is 1.45. The van der Waals surface area contributed by atoms with Gasteiger partial charge in [-0.3, -0.25) is 9.74 Å². The maximum Gasteiger partial charge on any atom is 0.411 e. The lowest BCUT2D eigenvalue weighted by atomic mass is 10.0. The van der Waals surface area contributed by atoms with E-state index in [0.29, 0.717) is 45.0 Å². The molecule has 0 N–H and O–H groups in total. The zero-order valence-electron chi connectivity index (χ0n) is 24.8. The Morgan fingerprint density at radius 1 is 1.02 bits per heavy atom. The second kappa shape index (κ2) is 11.8. The van der Waals surface area contributed by atoms with E-state index in [1.165, 1.54) is 9.96 Å². The SMILES string of the molecule is CCCCON1C(=O)N2C[C@@H]1CC[C@H]2c1nnc(CN(C(=O)OC(C)(C)C)[C@H]2CCN(C(=O)OC(C)(C)C)C2)o1. The quantitative estimate of drug-likeness (QED) is 0.419. The molecule has 2 bridgehead atoms. The molecule has 40 heavy (non-hydrogen) atoms. The lowest BCUT2D eigenvalue weighted by Gasteiger charge is -2.31. The summed E-state index contributed by atoms with van der Waals surface area (Å²) in [6.45, 7) is 14.7. The van der Waals surface area contributed by atoms with E-state index in [1.807, 2.05) is 20.8 Å². The molecule has 0 aromatic carbocycles. The van der Waals surface area contributed by atoms with Crippen LogP contribution in [0.4, 0.5) is 14.4 Å². The number of urea groups is 1. The van der Waals surface area contributed by atoms with Gasteiger partial charge >= 0.3 is 18.2 Å². The third-order valence-electron chi connectivity index (χ3n) is 7.01. The number of carbonyl (C=O) groups is 3. The van der Waals surface area contributed by atoms with Gasteiger partial charge in [-0.1, -0.05) is 13.3 Å². The molecule has 3 atom stereocenters. The summed E-state index contributed by atoms with van der Waals surface area (Å²) >= 11 is 0. The van der Waals surface area contributed by atoms with E-state index >= 15 is 0 Å². The molecule has 4 heterocycles. The Labute approximate surface area is 236 Å². The largest absolute Gasteiger partial charge is 0.444 e. The minimum Gasteiger partial charge on any atom is -0.444 e. The normalized spacial score (nSPS) is 23.1. The minimum atomic E-state index is -0.710. The van der Waals surface area contributed by atoms with Crippen LogP contribution in [0.3, 0.4) is 0 Å². The number of piperidine rings is 1. The molecule has 13 nitrogen and oxygen atoms in total. The van der Waals surface area contributed by atoms with Crippen LogP contribution in [0.15, 0.2) is 4.42 Å². The lowest BCUT2D eigenvalue weighted by molar-refractivity contribution is -0.130. The molecule has 224 valence electrons. The maximum atomic E-state index is 13.3. The van der Waals surface area contributed by atoms with Gasteiger partial charge in [-0.2, -0.15) is 5.06 Å². The summed E-state index contributed by atoms with van der Waals surface area (Å²) < 4.78 is 17.2. The predicted octanol–water partition coefficient (Wildman–Crippen LogP) is 4.49. The Morgan fingerprint density at radius 2 is 1.75 bits per heavy atom. The number of hydrogen-bond donors (Lipinski definition) is 0. The van der Waals surface area contributed by atoms with Crippen molar-refractivity contribution in [1.29, 1.82) is 0 Å². The van der Waals surface area contributed by atoms with Crippen molar-refractivity contribution in [3.05, 3.63) is 11.8 Å². The molecule has 4 rings (SSSR count). The Hall–Kier alpha value is -3.09. The standard InChI is InChI=1S/C27H44N6O7/c1-8-9-14-37-33-19-10-11-20(32(16-19)23(33)34)22-29-28-21(38-22)17-31(25(36)40-27(5,6)7)18-12-13-30(15-18)24(35)39-26(2,3)4/h18-20H,8-17H2,1-7H3/t18-,19-,20-/m0/s1. The molecule has 3 saturated heterocycles.